The number of nitrogens with zero attached hydrogens (tertiary/aromatic N) is 3. The number of primary amides is 1. The highest BCUT2D eigenvalue weighted by molar-refractivity contribution is 5.97. The lowest BCUT2D eigenvalue weighted by Crippen LogP contribution is -2.61. The summed E-state index contributed by atoms with van der Waals surface area (Å²) in [6.45, 7) is 4.97. The molecule has 2 aliphatic carbocycles. The predicted molar refractivity (Wildman–Crippen MR) is 117 cm³/mol. The van der Waals surface area contributed by atoms with E-state index in [1.54, 1.807) is 18.3 Å². The highest BCUT2D eigenvalue weighted by atomic mass is 16.5. The number of amides is 2. The summed E-state index contributed by atoms with van der Waals surface area (Å²) in [5, 5.41) is 3.31. The summed E-state index contributed by atoms with van der Waals surface area (Å²) < 4.78 is 5.54. The molecule has 0 radical (unpaired) electrons. The summed E-state index contributed by atoms with van der Waals surface area (Å²) in [7, 11) is 0. The predicted octanol–water partition coefficient (Wildman–Crippen LogP) is 1.16. The number of nitrogens with two attached hydrogens (primary N) is 1. The van der Waals surface area contributed by atoms with Gasteiger partial charge in [-0.3, -0.25) is 14.5 Å². The molecular weight excluding hydrogens is 394 g/mol. The minimum atomic E-state index is -0.474. The third-order valence-corrected chi connectivity index (χ3v) is 7.76. The van der Waals surface area contributed by atoms with Gasteiger partial charge in [-0.05, 0) is 56.6 Å². The van der Waals surface area contributed by atoms with Crippen LogP contribution >= 0.6 is 0 Å². The molecule has 1 aromatic rings. The second kappa shape index (κ2) is 8.39. The van der Waals surface area contributed by atoms with Gasteiger partial charge in [0.2, 0.25) is 5.91 Å². The molecule has 2 saturated heterocycles. The molecular formula is C23H33N5O3. The lowest BCUT2D eigenvalue weighted by Gasteiger charge is -2.53. The molecule has 0 spiro atoms. The number of fused-ring (bicyclic) bond motifs is 1. The van der Waals surface area contributed by atoms with Crippen molar-refractivity contribution in [3.63, 3.8) is 0 Å². The molecule has 31 heavy (non-hydrogen) atoms. The molecule has 4 fully saturated rings. The number of anilines is 1. The van der Waals surface area contributed by atoms with Gasteiger partial charge in [-0.25, -0.2) is 4.98 Å². The molecule has 5 rings (SSSR count). The number of rotatable bonds is 5. The lowest BCUT2D eigenvalue weighted by atomic mass is 9.60. The molecule has 1 aromatic heterocycles. The summed E-state index contributed by atoms with van der Waals surface area (Å²) in [6.07, 6.45) is 7.72. The van der Waals surface area contributed by atoms with Crippen LogP contribution in [0, 0.1) is 11.3 Å². The van der Waals surface area contributed by atoms with Gasteiger partial charge in [-0.2, -0.15) is 0 Å². The maximum absolute atomic E-state index is 13.6. The van der Waals surface area contributed by atoms with Gasteiger partial charge in [0.15, 0.2) is 0 Å². The van der Waals surface area contributed by atoms with Gasteiger partial charge >= 0.3 is 0 Å². The molecule has 168 valence electrons. The Balaban J connectivity index is 1.40. The zero-order valence-electron chi connectivity index (χ0n) is 18.1. The molecule has 8 nitrogen and oxygen atoms in total. The van der Waals surface area contributed by atoms with E-state index >= 15 is 0 Å². The number of nitrogens with one attached hydrogen (secondary N) is 1. The van der Waals surface area contributed by atoms with Crippen LogP contribution in [0.15, 0.2) is 18.3 Å². The normalized spacial score (nSPS) is 31.7. The van der Waals surface area contributed by atoms with E-state index in [4.69, 9.17) is 10.5 Å². The molecule has 3 heterocycles. The molecule has 2 aliphatic heterocycles. The van der Waals surface area contributed by atoms with Crippen LogP contribution in [0.25, 0.3) is 0 Å². The number of piperidine rings is 1. The molecule has 3 N–H and O–H groups in total. The van der Waals surface area contributed by atoms with Gasteiger partial charge in [0.25, 0.3) is 5.91 Å². The zero-order chi connectivity index (χ0) is 21.4. The van der Waals surface area contributed by atoms with Crippen LogP contribution in [-0.4, -0.2) is 73.2 Å². The summed E-state index contributed by atoms with van der Waals surface area (Å²) in [5.41, 5.74) is 5.62. The molecule has 2 saturated carbocycles. The second-order valence-corrected chi connectivity index (χ2v) is 9.63. The minimum Gasteiger partial charge on any atom is -0.379 e. The highest BCUT2D eigenvalue weighted by Gasteiger charge is 2.53. The summed E-state index contributed by atoms with van der Waals surface area (Å²) >= 11 is 0. The van der Waals surface area contributed by atoms with Crippen LogP contribution < -0.4 is 16.0 Å². The van der Waals surface area contributed by atoms with Gasteiger partial charge < -0.3 is 20.7 Å². The number of hydrogen-bond donors (Lipinski definition) is 2. The number of carbonyl (C=O) groups excluding carboxylic acids is 2. The molecule has 3 atom stereocenters. The van der Waals surface area contributed by atoms with E-state index in [2.05, 4.69) is 20.1 Å². The summed E-state index contributed by atoms with van der Waals surface area (Å²) in [6, 6.07) is 4.33. The van der Waals surface area contributed by atoms with Crippen LogP contribution in [0.5, 0.6) is 0 Å². The van der Waals surface area contributed by atoms with Gasteiger partial charge in [-0.15, -0.1) is 0 Å². The first kappa shape index (κ1) is 20.7. The average molecular weight is 428 g/mol. The number of ether oxygens (including phenoxy) is 1. The number of pyridine rings is 1. The Morgan fingerprint density at radius 2 is 1.97 bits per heavy atom. The Kier molecular flexibility index (Phi) is 5.60. The highest BCUT2D eigenvalue weighted by Crippen LogP contribution is 2.49. The quantitative estimate of drug-likeness (QED) is 0.731. The van der Waals surface area contributed by atoms with Crippen molar-refractivity contribution in [3.05, 3.63) is 23.9 Å². The van der Waals surface area contributed by atoms with E-state index < -0.39 is 11.3 Å². The van der Waals surface area contributed by atoms with Crippen molar-refractivity contribution in [3.8, 4) is 0 Å². The molecule has 2 amide bonds. The van der Waals surface area contributed by atoms with E-state index in [-0.39, 0.29) is 5.91 Å². The van der Waals surface area contributed by atoms with Crippen LogP contribution in [0.1, 0.15) is 48.9 Å². The first-order valence-electron chi connectivity index (χ1n) is 11.7. The van der Waals surface area contributed by atoms with Gasteiger partial charge in [0, 0.05) is 44.5 Å². The Morgan fingerprint density at radius 1 is 1.16 bits per heavy atom. The largest absolute Gasteiger partial charge is 0.379 e. The van der Waals surface area contributed by atoms with Gasteiger partial charge in [0.1, 0.15) is 5.82 Å². The topological polar surface area (TPSA) is 101 Å². The number of aromatic nitrogens is 1. The van der Waals surface area contributed by atoms with Crippen molar-refractivity contribution >= 4 is 17.6 Å². The lowest BCUT2D eigenvalue weighted by molar-refractivity contribution is -0.139. The van der Waals surface area contributed by atoms with Crippen LogP contribution in [0.2, 0.25) is 0 Å². The maximum atomic E-state index is 13.6. The van der Waals surface area contributed by atoms with Crippen LogP contribution in [-0.2, 0) is 9.53 Å². The Hall–Kier alpha value is -2.19. The van der Waals surface area contributed by atoms with Crippen molar-refractivity contribution in [2.24, 2.45) is 17.1 Å². The van der Waals surface area contributed by atoms with E-state index in [1.807, 2.05) is 0 Å². The van der Waals surface area contributed by atoms with Crippen molar-refractivity contribution < 1.29 is 14.3 Å². The van der Waals surface area contributed by atoms with E-state index in [0.717, 1.165) is 71.4 Å². The van der Waals surface area contributed by atoms with Crippen molar-refractivity contribution in [1.29, 1.82) is 0 Å². The van der Waals surface area contributed by atoms with E-state index in [1.165, 1.54) is 0 Å². The van der Waals surface area contributed by atoms with E-state index in [9.17, 15) is 9.59 Å². The SMILES string of the molecule is NC(=O)c1cccnc1N1CC[C@@H]2C[C@H](N3CCOCC3)CC[C@@]2(C(=O)NC2CC2)C1. The zero-order valence-corrected chi connectivity index (χ0v) is 18.1. The minimum absolute atomic E-state index is 0.196. The fraction of sp³-hybridized carbons (Fsp3) is 0.696. The van der Waals surface area contributed by atoms with Crippen molar-refractivity contribution in [1.82, 2.24) is 15.2 Å². The fourth-order valence-electron chi connectivity index (χ4n) is 5.86. The standard InChI is InChI=1S/C23H33N5O3/c24-20(29)19-2-1-8-25-21(19)28-9-6-16-14-18(27-10-12-31-13-11-27)5-7-23(16,15-28)22(30)26-17-3-4-17/h1-2,8,16-18H,3-7,9-15H2,(H2,24,29)(H,26,30)/t16-,18-,23-/m1/s1. The van der Waals surface area contributed by atoms with Crippen molar-refractivity contribution in [2.75, 3.05) is 44.3 Å². The smallest absolute Gasteiger partial charge is 0.252 e. The first-order valence-corrected chi connectivity index (χ1v) is 11.7. The number of morpholine rings is 1. The molecule has 4 aliphatic rings. The maximum Gasteiger partial charge on any atom is 0.252 e. The van der Waals surface area contributed by atoms with Crippen molar-refractivity contribution in [2.45, 2.75) is 50.6 Å². The average Bonchev–Trinajstić information content (AvgIpc) is 3.63. The Bertz CT molecular complexity index is 838. The first-order chi connectivity index (χ1) is 15.1. The molecule has 0 aromatic carbocycles. The Labute approximate surface area is 183 Å². The molecule has 0 unspecified atom stereocenters. The molecule has 0 bridgehead atoms. The van der Waals surface area contributed by atoms with Gasteiger partial charge in [0.05, 0.1) is 24.2 Å². The third kappa shape index (κ3) is 4.03. The van der Waals surface area contributed by atoms with Gasteiger partial charge in [-0.1, -0.05) is 0 Å². The third-order valence-electron chi connectivity index (χ3n) is 7.76. The number of carbonyl (C=O) groups is 2. The monoisotopic (exact) mass is 427 g/mol. The van der Waals surface area contributed by atoms with Crippen LogP contribution in [0.4, 0.5) is 5.82 Å². The fourth-order valence-corrected chi connectivity index (χ4v) is 5.86. The van der Waals surface area contributed by atoms with E-state index in [0.29, 0.717) is 35.9 Å². The molecule has 8 heteroatoms. The van der Waals surface area contributed by atoms with Crippen LogP contribution in [0.3, 0.4) is 0 Å². The second-order valence-electron chi connectivity index (χ2n) is 9.63. The summed E-state index contributed by atoms with van der Waals surface area (Å²) in [4.78, 5) is 34.8. The number of hydrogen-bond acceptors (Lipinski definition) is 6. The Morgan fingerprint density at radius 3 is 2.71 bits per heavy atom. The summed E-state index contributed by atoms with van der Waals surface area (Å²) in [5.74, 6) is 0.673.